The monoisotopic (exact) mass is 341 g/mol. The van der Waals surface area contributed by atoms with Crippen molar-refractivity contribution >= 4 is 23.2 Å². The number of benzene rings is 1. The third-order valence-corrected chi connectivity index (χ3v) is 4.78. The second-order valence-corrected chi connectivity index (χ2v) is 6.32. The summed E-state index contributed by atoms with van der Waals surface area (Å²) >= 11 is 1.77. The maximum Gasteiger partial charge on any atom is 0.0521 e. The Bertz CT molecular complexity index is 700. The highest BCUT2D eigenvalue weighted by Crippen LogP contribution is 2.37. The fourth-order valence-electron chi connectivity index (χ4n) is 2.84. The summed E-state index contributed by atoms with van der Waals surface area (Å²) in [5, 5.41) is 4.53. The van der Waals surface area contributed by atoms with Gasteiger partial charge in [-0.3, -0.25) is 4.99 Å². The molecule has 0 spiro atoms. The van der Waals surface area contributed by atoms with Crippen molar-refractivity contribution in [1.29, 1.82) is 0 Å². The fourth-order valence-corrected chi connectivity index (χ4v) is 3.81. The first-order valence-corrected chi connectivity index (χ1v) is 9.45. The smallest absolute Gasteiger partial charge is 0.0521 e. The first kappa shape index (κ1) is 18.4. The van der Waals surface area contributed by atoms with Crippen LogP contribution in [0.4, 0.5) is 5.69 Å². The third kappa shape index (κ3) is 4.34. The SMILES string of the molecule is C/C=C(\N=CCC)C(c1cccc(NNC)c1)c1cscc1CC. The van der Waals surface area contributed by atoms with Gasteiger partial charge in [0.15, 0.2) is 0 Å². The van der Waals surface area contributed by atoms with E-state index in [1.54, 1.807) is 11.3 Å². The molecule has 1 unspecified atom stereocenters. The summed E-state index contributed by atoms with van der Waals surface area (Å²) in [5.74, 6) is 0.164. The van der Waals surface area contributed by atoms with Crippen molar-refractivity contribution in [3.05, 3.63) is 63.5 Å². The van der Waals surface area contributed by atoms with Gasteiger partial charge < -0.3 is 5.43 Å². The molecular weight excluding hydrogens is 314 g/mol. The molecule has 4 heteroatoms. The molecule has 1 aromatic heterocycles. The number of rotatable bonds is 8. The van der Waals surface area contributed by atoms with Crippen LogP contribution in [-0.4, -0.2) is 13.3 Å². The van der Waals surface area contributed by atoms with E-state index in [4.69, 9.17) is 4.99 Å². The van der Waals surface area contributed by atoms with Crippen LogP contribution in [0.5, 0.6) is 0 Å². The minimum absolute atomic E-state index is 0.164. The maximum atomic E-state index is 4.75. The van der Waals surface area contributed by atoms with E-state index >= 15 is 0 Å². The molecule has 0 aliphatic carbocycles. The lowest BCUT2D eigenvalue weighted by Crippen LogP contribution is -2.15. The Morgan fingerprint density at radius 2 is 2.12 bits per heavy atom. The van der Waals surface area contributed by atoms with Crippen LogP contribution in [0.25, 0.3) is 0 Å². The summed E-state index contributed by atoms with van der Waals surface area (Å²) in [4.78, 5) is 4.75. The predicted molar refractivity (Wildman–Crippen MR) is 107 cm³/mol. The van der Waals surface area contributed by atoms with Crippen molar-refractivity contribution in [2.75, 3.05) is 12.5 Å². The Morgan fingerprint density at radius 3 is 2.79 bits per heavy atom. The molecule has 24 heavy (non-hydrogen) atoms. The van der Waals surface area contributed by atoms with Crippen molar-refractivity contribution in [1.82, 2.24) is 5.43 Å². The van der Waals surface area contributed by atoms with Crippen LogP contribution < -0.4 is 10.9 Å². The van der Waals surface area contributed by atoms with Crippen molar-refractivity contribution in [3.8, 4) is 0 Å². The van der Waals surface area contributed by atoms with Crippen molar-refractivity contribution in [2.45, 2.75) is 39.5 Å². The molecule has 1 aromatic carbocycles. The van der Waals surface area contributed by atoms with E-state index in [-0.39, 0.29) is 5.92 Å². The molecule has 0 aliphatic heterocycles. The van der Waals surface area contributed by atoms with Gasteiger partial charge in [0, 0.05) is 24.6 Å². The average Bonchev–Trinajstić information content (AvgIpc) is 3.07. The highest BCUT2D eigenvalue weighted by molar-refractivity contribution is 7.08. The van der Waals surface area contributed by atoms with Crippen LogP contribution >= 0.6 is 11.3 Å². The number of hydrogen-bond donors (Lipinski definition) is 2. The van der Waals surface area contributed by atoms with Gasteiger partial charge in [0.05, 0.1) is 5.92 Å². The molecule has 0 fully saturated rings. The van der Waals surface area contributed by atoms with Crippen molar-refractivity contribution < 1.29 is 0 Å². The van der Waals surface area contributed by atoms with Crippen molar-refractivity contribution in [2.24, 2.45) is 4.99 Å². The van der Waals surface area contributed by atoms with Gasteiger partial charge in [-0.1, -0.05) is 32.1 Å². The lowest BCUT2D eigenvalue weighted by molar-refractivity contribution is 0.903. The van der Waals surface area contributed by atoms with E-state index in [0.29, 0.717) is 0 Å². The second kappa shape index (κ2) is 9.40. The van der Waals surface area contributed by atoms with Gasteiger partial charge in [0.2, 0.25) is 0 Å². The average molecular weight is 342 g/mol. The third-order valence-electron chi connectivity index (χ3n) is 3.97. The van der Waals surface area contributed by atoms with Gasteiger partial charge in [0.1, 0.15) is 0 Å². The van der Waals surface area contributed by atoms with Crippen LogP contribution in [0, 0.1) is 0 Å². The van der Waals surface area contributed by atoms with E-state index in [0.717, 1.165) is 24.2 Å². The molecule has 2 aromatic rings. The Kier molecular flexibility index (Phi) is 7.22. The number of nitrogens with one attached hydrogen (secondary N) is 2. The summed E-state index contributed by atoms with van der Waals surface area (Å²) in [6.07, 6.45) is 6.11. The van der Waals surface area contributed by atoms with Crippen LogP contribution in [0.2, 0.25) is 0 Å². The minimum atomic E-state index is 0.164. The van der Waals surface area contributed by atoms with E-state index in [1.807, 2.05) is 13.3 Å². The Morgan fingerprint density at radius 1 is 1.29 bits per heavy atom. The van der Waals surface area contributed by atoms with Gasteiger partial charge >= 0.3 is 0 Å². The first-order valence-electron chi connectivity index (χ1n) is 8.51. The summed E-state index contributed by atoms with van der Waals surface area (Å²) in [6.45, 7) is 6.40. The molecule has 3 nitrogen and oxygen atoms in total. The molecule has 0 amide bonds. The number of allylic oxidation sites excluding steroid dienone is 2. The highest BCUT2D eigenvalue weighted by Gasteiger charge is 2.22. The van der Waals surface area contributed by atoms with Crippen LogP contribution in [0.1, 0.15) is 49.8 Å². The van der Waals surface area contributed by atoms with E-state index in [2.05, 4.69) is 72.7 Å². The molecule has 0 saturated carbocycles. The standard InChI is InChI=1S/C20H27N3S/c1-5-11-22-19(7-3)20(18-14-24-13-15(18)6-2)16-9-8-10-17(12-16)23-21-4/h7-14,20-21,23H,5-6H2,1-4H3/b19-7-,22-11?. The molecule has 2 N–H and O–H groups in total. The van der Waals surface area contributed by atoms with Crippen LogP contribution in [0.3, 0.4) is 0 Å². The van der Waals surface area contributed by atoms with Gasteiger partial charge in [-0.05, 0) is 59.3 Å². The molecule has 128 valence electrons. The normalized spacial score (nSPS) is 13.4. The zero-order valence-corrected chi connectivity index (χ0v) is 15.8. The topological polar surface area (TPSA) is 36.4 Å². The van der Waals surface area contributed by atoms with Gasteiger partial charge in [-0.25, -0.2) is 5.43 Å². The molecule has 1 heterocycles. The summed E-state index contributed by atoms with van der Waals surface area (Å²) in [5.41, 5.74) is 12.4. The van der Waals surface area contributed by atoms with E-state index < -0.39 is 0 Å². The number of aryl methyl sites for hydroxylation is 1. The first-order chi connectivity index (χ1) is 11.7. The van der Waals surface area contributed by atoms with Crippen LogP contribution in [-0.2, 0) is 6.42 Å². The second-order valence-electron chi connectivity index (χ2n) is 5.57. The molecule has 0 bridgehead atoms. The number of hydrazine groups is 1. The number of thiophene rings is 1. The number of nitrogens with zero attached hydrogens (tertiary/aromatic N) is 1. The minimum Gasteiger partial charge on any atom is -0.322 e. The molecule has 0 radical (unpaired) electrons. The molecule has 2 rings (SSSR count). The largest absolute Gasteiger partial charge is 0.322 e. The molecule has 0 aliphatic rings. The lowest BCUT2D eigenvalue weighted by Gasteiger charge is -2.20. The number of anilines is 1. The van der Waals surface area contributed by atoms with Gasteiger partial charge in [-0.2, -0.15) is 11.3 Å². The fraction of sp³-hybridized carbons (Fsp3) is 0.350. The highest BCUT2D eigenvalue weighted by atomic mass is 32.1. The maximum absolute atomic E-state index is 4.75. The molecule has 0 saturated heterocycles. The van der Waals surface area contributed by atoms with Gasteiger partial charge in [-0.15, -0.1) is 0 Å². The van der Waals surface area contributed by atoms with E-state index in [9.17, 15) is 0 Å². The Balaban J connectivity index is 2.54. The summed E-state index contributed by atoms with van der Waals surface area (Å²) in [6, 6.07) is 8.55. The summed E-state index contributed by atoms with van der Waals surface area (Å²) in [7, 11) is 1.88. The van der Waals surface area contributed by atoms with Crippen molar-refractivity contribution in [3.63, 3.8) is 0 Å². The zero-order chi connectivity index (χ0) is 17.4. The van der Waals surface area contributed by atoms with Crippen LogP contribution in [0.15, 0.2) is 51.8 Å². The molecule has 1 atom stereocenters. The number of aliphatic imine (C=N–C) groups is 1. The zero-order valence-electron chi connectivity index (χ0n) is 15.0. The number of hydrogen-bond acceptors (Lipinski definition) is 4. The lowest BCUT2D eigenvalue weighted by atomic mass is 9.87. The Hall–Kier alpha value is -1.91. The summed E-state index contributed by atoms with van der Waals surface area (Å²) < 4.78 is 0. The molecular formula is C20H27N3S. The van der Waals surface area contributed by atoms with Gasteiger partial charge in [0.25, 0.3) is 0 Å². The van der Waals surface area contributed by atoms with E-state index in [1.165, 1.54) is 16.7 Å². The quantitative estimate of drug-likeness (QED) is 0.500. The predicted octanol–water partition coefficient (Wildman–Crippen LogP) is 5.37. The Labute approximate surface area is 149 Å².